The molecule has 182 valence electrons. The Morgan fingerprint density at radius 2 is 1.91 bits per heavy atom. The van der Waals surface area contributed by atoms with E-state index in [1.54, 1.807) is 31.3 Å². The second-order valence-corrected chi connectivity index (χ2v) is 9.57. The van der Waals surface area contributed by atoms with Gasteiger partial charge in [0.25, 0.3) is 11.5 Å². The summed E-state index contributed by atoms with van der Waals surface area (Å²) in [6, 6.07) is 12.1. The van der Waals surface area contributed by atoms with Gasteiger partial charge in [0.1, 0.15) is 29.6 Å². The summed E-state index contributed by atoms with van der Waals surface area (Å²) in [5.41, 5.74) is 2.89. The molecule has 0 aliphatic carbocycles. The highest BCUT2D eigenvalue weighted by molar-refractivity contribution is 5.93. The summed E-state index contributed by atoms with van der Waals surface area (Å²) in [4.78, 5) is 22.1. The van der Waals surface area contributed by atoms with Crippen LogP contribution in [0.5, 0.6) is 5.75 Å². The lowest BCUT2D eigenvalue weighted by Gasteiger charge is -2.50. The van der Waals surface area contributed by atoms with Crippen LogP contribution in [-0.4, -0.2) is 46.2 Å². The van der Waals surface area contributed by atoms with Crippen molar-refractivity contribution in [3.8, 4) is 11.8 Å². The van der Waals surface area contributed by atoms with Crippen molar-refractivity contribution < 1.29 is 13.5 Å². The molecule has 0 unspecified atom stereocenters. The van der Waals surface area contributed by atoms with Crippen molar-refractivity contribution in [3.05, 3.63) is 63.6 Å². The number of fused-ring (bicyclic) bond motifs is 5. The van der Waals surface area contributed by atoms with Crippen molar-refractivity contribution in [3.63, 3.8) is 0 Å². The minimum atomic E-state index is -2.87. The second-order valence-electron chi connectivity index (χ2n) is 9.57. The van der Waals surface area contributed by atoms with Crippen molar-refractivity contribution in [2.24, 2.45) is 7.05 Å². The van der Waals surface area contributed by atoms with Gasteiger partial charge in [0, 0.05) is 44.7 Å². The highest BCUT2D eigenvalue weighted by Crippen LogP contribution is 2.40. The lowest BCUT2D eigenvalue weighted by molar-refractivity contribution is 0.0174. The van der Waals surface area contributed by atoms with Gasteiger partial charge in [-0.1, -0.05) is 24.3 Å². The summed E-state index contributed by atoms with van der Waals surface area (Å²) < 4.78 is 34.8. The van der Waals surface area contributed by atoms with Crippen LogP contribution in [0.2, 0.25) is 0 Å². The van der Waals surface area contributed by atoms with E-state index in [4.69, 9.17) is 4.74 Å². The van der Waals surface area contributed by atoms with Crippen LogP contribution in [-0.2, 0) is 13.0 Å². The van der Waals surface area contributed by atoms with E-state index in [0.29, 0.717) is 36.4 Å². The molecule has 0 amide bonds. The maximum atomic E-state index is 13.6. The Hall–Kier alpha value is -3.51. The molecule has 3 atom stereocenters. The van der Waals surface area contributed by atoms with E-state index in [-0.39, 0.29) is 40.7 Å². The molecule has 5 rings (SSSR count). The van der Waals surface area contributed by atoms with Crippen LogP contribution in [0.3, 0.4) is 0 Å². The summed E-state index contributed by atoms with van der Waals surface area (Å²) in [5.74, 6) is -2.60. The van der Waals surface area contributed by atoms with Gasteiger partial charge in [-0.2, -0.15) is 5.26 Å². The molecule has 4 heterocycles. The van der Waals surface area contributed by atoms with Crippen molar-refractivity contribution in [2.45, 2.75) is 44.8 Å². The van der Waals surface area contributed by atoms with Crippen LogP contribution < -0.4 is 15.2 Å². The number of halogens is 2. The minimum absolute atomic E-state index is 0.00121. The molecule has 0 radical (unpaired) electrons. The monoisotopic (exact) mass is 479 g/mol. The van der Waals surface area contributed by atoms with E-state index < -0.39 is 5.92 Å². The zero-order valence-electron chi connectivity index (χ0n) is 20.1. The molecule has 0 saturated carbocycles. The molecule has 0 N–H and O–H groups in total. The molecule has 0 bridgehead atoms. The topological polar surface area (TPSA) is 74.4 Å². The largest absolute Gasteiger partial charge is 0.484 e. The van der Waals surface area contributed by atoms with Crippen LogP contribution in [0.1, 0.15) is 43.6 Å². The number of pyridine rings is 2. The molecule has 1 fully saturated rings. The summed E-state index contributed by atoms with van der Waals surface area (Å²) in [6.07, 6.45) is 0. The molecule has 7 nitrogen and oxygen atoms in total. The molecular formula is C26H27F2N5O2. The number of nitrogens with zero attached hydrogens (tertiary/aromatic N) is 5. The lowest BCUT2D eigenvalue weighted by Crippen LogP contribution is -2.61. The number of hydrogen-bond acceptors (Lipinski definition) is 6. The van der Waals surface area contributed by atoms with Gasteiger partial charge in [-0.05, 0) is 31.5 Å². The Morgan fingerprint density at radius 1 is 1.20 bits per heavy atom. The van der Waals surface area contributed by atoms with E-state index in [1.807, 2.05) is 0 Å². The van der Waals surface area contributed by atoms with Crippen molar-refractivity contribution in [1.82, 2.24) is 14.5 Å². The van der Waals surface area contributed by atoms with E-state index in [9.17, 15) is 18.8 Å². The van der Waals surface area contributed by atoms with Gasteiger partial charge in [0.2, 0.25) is 5.75 Å². The summed E-state index contributed by atoms with van der Waals surface area (Å²) >= 11 is 0. The van der Waals surface area contributed by atoms with Crippen molar-refractivity contribution in [2.75, 3.05) is 24.6 Å². The number of benzene rings is 1. The molecule has 1 saturated heterocycles. The molecule has 2 aliphatic rings. The van der Waals surface area contributed by atoms with E-state index in [0.717, 1.165) is 12.5 Å². The highest BCUT2D eigenvalue weighted by atomic mass is 19.3. The Morgan fingerprint density at radius 3 is 2.57 bits per heavy atom. The minimum Gasteiger partial charge on any atom is -0.484 e. The third kappa shape index (κ3) is 3.82. The van der Waals surface area contributed by atoms with Gasteiger partial charge in [-0.15, -0.1) is 0 Å². The average Bonchev–Trinajstić information content (AvgIpc) is 2.85. The van der Waals surface area contributed by atoms with Crippen molar-refractivity contribution >= 4 is 16.7 Å². The first-order chi connectivity index (χ1) is 16.6. The third-order valence-electron chi connectivity index (χ3n) is 7.28. The van der Waals surface area contributed by atoms with Gasteiger partial charge in [0.05, 0.1) is 11.6 Å². The van der Waals surface area contributed by atoms with Gasteiger partial charge in [0.15, 0.2) is 0 Å². The molecule has 2 aliphatic heterocycles. The fourth-order valence-electron chi connectivity index (χ4n) is 5.27. The number of aromatic nitrogens is 2. The lowest BCUT2D eigenvalue weighted by atomic mass is 9.97. The first-order valence-electron chi connectivity index (χ1n) is 11.7. The second kappa shape index (κ2) is 8.31. The summed E-state index contributed by atoms with van der Waals surface area (Å²) in [7, 11) is 1.68. The van der Waals surface area contributed by atoms with Crippen LogP contribution in [0.15, 0.2) is 41.2 Å². The van der Waals surface area contributed by atoms with Gasteiger partial charge in [-0.25, -0.2) is 13.8 Å². The standard InChI is InChI=1S/C26H27F2N5O2/c1-15-12-33-20(13-32(15)16(2)17-5-7-18(8-6-17)26(3,27)28)14-35-24-23(33)22-21(31(4)25(24)34)10-9-19(11-29)30-22/h5-10,15-16,20H,12-14H2,1-4H3/t15-,16-,20+/m1/s1. The zero-order chi connectivity index (χ0) is 25.1. The number of hydrogen-bond donors (Lipinski definition) is 0. The van der Waals surface area contributed by atoms with Crippen LogP contribution in [0.25, 0.3) is 11.0 Å². The maximum absolute atomic E-state index is 13.6. The quantitative estimate of drug-likeness (QED) is 0.566. The fourth-order valence-corrected chi connectivity index (χ4v) is 5.27. The Kier molecular flexibility index (Phi) is 5.52. The number of nitriles is 1. The van der Waals surface area contributed by atoms with Gasteiger partial charge < -0.3 is 14.2 Å². The SMILES string of the molecule is C[C@@H]1CN2c3c(c(=O)n(C)c4ccc(C#N)nc34)OC[C@@H]2CN1[C@H](C)c1ccc(C(C)(F)F)cc1. The molecule has 9 heteroatoms. The summed E-state index contributed by atoms with van der Waals surface area (Å²) in [5, 5.41) is 9.39. The number of ether oxygens (including phenoxy) is 1. The van der Waals surface area contributed by atoms with E-state index in [2.05, 4.69) is 34.7 Å². The Labute approximate surface area is 202 Å². The van der Waals surface area contributed by atoms with Crippen LogP contribution >= 0.6 is 0 Å². The molecule has 3 aromatic rings. The zero-order valence-corrected chi connectivity index (χ0v) is 20.1. The smallest absolute Gasteiger partial charge is 0.295 e. The molecule has 0 spiro atoms. The highest BCUT2D eigenvalue weighted by Gasteiger charge is 2.40. The Bertz CT molecular complexity index is 1390. The molecule has 1 aromatic carbocycles. The van der Waals surface area contributed by atoms with Gasteiger partial charge in [-0.3, -0.25) is 9.69 Å². The normalized spacial score (nSPS) is 21.1. The number of alkyl halides is 2. The van der Waals surface area contributed by atoms with Crippen molar-refractivity contribution in [1.29, 1.82) is 5.26 Å². The first kappa shape index (κ1) is 23.2. The average molecular weight is 480 g/mol. The predicted molar refractivity (Wildman–Crippen MR) is 129 cm³/mol. The fraction of sp³-hybridized carbons (Fsp3) is 0.423. The predicted octanol–water partition coefficient (Wildman–Crippen LogP) is 3.95. The molecule has 2 aromatic heterocycles. The number of anilines is 1. The summed E-state index contributed by atoms with van der Waals surface area (Å²) in [6.45, 7) is 6.75. The first-order valence-corrected chi connectivity index (χ1v) is 11.7. The number of aryl methyl sites for hydroxylation is 1. The number of piperazine rings is 1. The maximum Gasteiger partial charge on any atom is 0.295 e. The number of rotatable bonds is 3. The molecular weight excluding hydrogens is 452 g/mol. The van der Waals surface area contributed by atoms with Gasteiger partial charge >= 0.3 is 0 Å². The van der Waals surface area contributed by atoms with E-state index >= 15 is 0 Å². The Balaban J connectivity index is 1.49. The van der Waals surface area contributed by atoms with Crippen LogP contribution in [0.4, 0.5) is 14.5 Å². The van der Waals surface area contributed by atoms with E-state index in [1.165, 1.54) is 16.7 Å². The van der Waals surface area contributed by atoms with Crippen LogP contribution in [0, 0.1) is 11.3 Å². The molecule has 35 heavy (non-hydrogen) atoms. The third-order valence-corrected chi connectivity index (χ3v) is 7.28.